The van der Waals surface area contributed by atoms with Crippen molar-refractivity contribution < 1.29 is 9.47 Å². The van der Waals surface area contributed by atoms with Gasteiger partial charge in [-0.15, -0.1) is 0 Å². The van der Waals surface area contributed by atoms with E-state index >= 15 is 0 Å². The molecule has 1 aromatic carbocycles. The summed E-state index contributed by atoms with van der Waals surface area (Å²) in [5.41, 5.74) is 3.73. The molecule has 122 valence electrons. The topological polar surface area (TPSA) is 88.6 Å². The molecule has 1 aromatic heterocycles. The molecule has 7 nitrogen and oxygen atoms in total. The number of H-pyrrole nitrogens is 1. The molecule has 2 N–H and O–H groups in total. The zero-order valence-electron chi connectivity index (χ0n) is 12.8. The lowest BCUT2D eigenvalue weighted by molar-refractivity contribution is 0.294. The highest BCUT2D eigenvalue weighted by atomic mass is 79.9. The Bertz CT molecular complexity index is 746. The van der Waals surface area contributed by atoms with E-state index in [4.69, 9.17) is 9.47 Å². The predicted octanol–water partition coefficient (Wildman–Crippen LogP) is 2.78. The number of nitrogens with one attached hydrogen (secondary N) is 2. The molecule has 0 aliphatic heterocycles. The molecule has 0 saturated carbocycles. The van der Waals surface area contributed by atoms with Gasteiger partial charge in [-0.1, -0.05) is 6.92 Å². The van der Waals surface area contributed by atoms with Crippen LogP contribution in [0.1, 0.15) is 18.9 Å². The molecule has 23 heavy (non-hydrogen) atoms. The minimum Gasteiger partial charge on any atom is -0.493 e. The fraction of sp³-hybridized carbons (Fsp3) is 0.267. The number of hydrogen-bond donors (Lipinski definition) is 2. The molecule has 0 aliphatic rings. The predicted molar refractivity (Wildman–Crippen MR) is 92.6 cm³/mol. The van der Waals surface area contributed by atoms with Gasteiger partial charge in [-0.2, -0.15) is 10.2 Å². The van der Waals surface area contributed by atoms with Gasteiger partial charge in [0.1, 0.15) is 4.47 Å². The number of benzene rings is 1. The first-order valence-electron chi connectivity index (χ1n) is 6.98. The molecular formula is C15H17BrN4O3. The van der Waals surface area contributed by atoms with E-state index in [9.17, 15) is 4.79 Å². The number of aromatic amines is 1. The molecule has 1 heterocycles. The maximum atomic E-state index is 11.4. The first-order valence-corrected chi connectivity index (χ1v) is 7.78. The van der Waals surface area contributed by atoms with E-state index in [2.05, 4.69) is 36.7 Å². The summed E-state index contributed by atoms with van der Waals surface area (Å²) < 4.78 is 11.2. The van der Waals surface area contributed by atoms with Crippen molar-refractivity contribution in [3.63, 3.8) is 0 Å². The summed E-state index contributed by atoms with van der Waals surface area (Å²) >= 11 is 3.17. The zero-order chi connectivity index (χ0) is 16.7. The van der Waals surface area contributed by atoms with Crippen LogP contribution in [0.2, 0.25) is 0 Å². The fourth-order valence-electron chi connectivity index (χ4n) is 1.73. The Morgan fingerprint density at radius 2 is 2.26 bits per heavy atom. The van der Waals surface area contributed by atoms with Gasteiger partial charge in [-0.25, -0.2) is 5.10 Å². The van der Waals surface area contributed by atoms with Crippen LogP contribution in [0.15, 0.2) is 38.8 Å². The molecule has 0 spiro atoms. The Morgan fingerprint density at radius 3 is 3.00 bits per heavy atom. The molecule has 0 saturated heterocycles. The third-order valence-electron chi connectivity index (χ3n) is 2.84. The molecule has 0 bridgehead atoms. The van der Waals surface area contributed by atoms with Gasteiger partial charge in [-0.3, -0.25) is 10.2 Å². The smallest absolute Gasteiger partial charge is 0.280 e. The van der Waals surface area contributed by atoms with Crippen LogP contribution in [-0.4, -0.2) is 30.1 Å². The summed E-state index contributed by atoms with van der Waals surface area (Å²) in [6, 6.07) is 5.52. The van der Waals surface area contributed by atoms with Crippen molar-refractivity contribution in [1.82, 2.24) is 10.2 Å². The van der Waals surface area contributed by atoms with Crippen LogP contribution in [0.25, 0.3) is 0 Å². The molecule has 8 heteroatoms. The first kappa shape index (κ1) is 17.0. The van der Waals surface area contributed by atoms with Crippen LogP contribution < -0.4 is 20.5 Å². The molecule has 0 atom stereocenters. The quantitative estimate of drug-likeness (QED) is 0.569. The van der Waals surface area contributed by atoms with E-state index < -0.39 is 0 Å². The molecule has 0 fully saturated rings. The number of rotatable bonds is 7. The van der Waals surface area contributed by atoms with Crippen LogP contribution in [-0.2, 0) is 0 Å². The van der Waals surface area contributed by atoms with E-state index in [1.54, 1.807) is 13.3 Å². The molecule has 0 amide bonds. The Morgan fingerprint density at radius 1 is 1.43 bits per heavy atom. The van der Waals surface area contributed by atoms with Gasteiger partial charge in [0, 0.05) is 0 Å². The van der Waals surface area contributed by atoms with Gasteiger partial charge in [0.25, 0.3) is 5.56 Å². The van der Waals surface area contributed by atoms with Gasteiger partial charge in [0.15, 0.2) is 11.5 Å². The Balaban J connectivity index is 2.10. The number of aromatic nitrogens is 2. The van der Waals surface area contributed by atoms with Gasteiger partial charge in [0.2, 0.25) is 0 Å². The van der Waals surface area contributed by atoms with Crippen molar-refractivity contribution >= 4 is 27.8 Å². The maximum absolute atomic E-state index is 11.4. The van der Waals surface area contributed by atoms with E-state index in [-0.39, 0.29) is 5.56 Å². The second kappa shape index (κ2) is 8.33. The van der Waals surface area contributed by atoms with Crippen molar-refractivity contribution in [2.24, 2.45) is 5.10 Å². The van der Waals surface area contributed by atoms with Crippen molar-refractivity contribution in [2.45, 2.75) is 13.3 Å². The van der Waals surface area contributed by atoms with E-state index in [0.717, 1.165) is 12.0 Å². The van der Waals surface area contributed by atoms with E-state index in [1.807, 2.05) is 25.1 Å². The normalized spacial score (nSPS) is 10.7. The van der Waals surface area contributed by atoms with Gasteiger partial charge in [0.05, 0.1) is 31.8 Å². The number of hydrazone groups is 1. The van der Waals surface area contributed by atoms with Crippen molar-refractivity contribution in [2.75, 3.05) is 19.1 Å². The standard InChI is InChI=1S/C15H17BrN4O3/c1-3-6-23-12-5-4-10(7-13(12)22-2)8-17-19-11-9-18-20-15(21)14(11)16/h4-5,7-9H,3,6H2,1-2H3,(H2,19,20,21). The average Bonchev–Trinajstić information content (AvgIpc) is 2.57. The van der Waals surface area contributed by atoms with Crippen LogP contribution >= 0.6 is 15.9 Å². The average molecular weight is 381 g/mol. The Hall–Kier alpha value is -2.35. The molecular weight excluding hydrogens is 364 g/mol. The largest absolute Gasteiger partial charge is 0.493 e. The lowest BCUT2D eigenvalue weighted by atomic mass is 10.2. The highest BCUT2D eigenvalue weighted by molar-refractivity contribution is 9.10. The summed E-state index contributed by atoms with van der Waals surface area (Å²) in [6.45, 7) is 2.68. The number of nitrogens with zero attached hydrogens (tertiary/aromatic N) is 2. The molecule has 2 aromatic rings. The minimum absolute atomic E-state index is 0.329. The number of halogens is 1. The Kier molecular flexibility index (Phi) is 6.16. The first-order chi connectivity index (χ1) is 11.2. The summed E-state index contributed by atoms with van der Waals surface area (Å²) in [5, 5.41) is 10.1. The summed E-state index contributed by atoms with van der Waals surface area (Å²) in [5.74, 6) is 1.34. The highest BCUT2D eigenvalue weighted by Gasteiger charge is 2.05. The number of ether oxygens (including phenoxy) is 2. The molecule has 0 unspecified atom stereocenters. The highest BCUT2D eigenvalue weighted by Crippen LogP contribution is 2.27. The van der Waals surface area contributed by atoms with Crippen LogP contribution in [0.3, 0.4) is 0 Å². The summed E-state index contributed by atoms with van der Waals surface area (Å²) in [7, 11) is 1.59. The second-order valence-corrected chi connectivity index (χ2v) is 5.35. The zero-order valence-corrected chi connectivity index (χ0v) is 14.4. The van der Waals surface area contributed by atoms with Crippen LogP contribution in [0.5, 0.6) is 11.5 Å². The van der Waals surface area contributed by atoms with Gasteiger partial charge >= 0.3 is 0 Å². The number of methoxy groups -OCH3 is 1. The van der Waals surface area contributed by atoms with Crippen LogP contribution in [0, 0.1) is 0 Å². The van der Waals surface area contributed by atoms with E-state index in [0.29, 0.717) is 28.3 Å². The molecule has 2 rings (SSSR count). The van der Waals surface area contributed by atoms with Crippen molar-refractivity contribution in [3.8, 4) is 11.5 Å². The number of anilines is 1. The van der Waals surface area contributed by atoms with E-state index in [1.165, 1.54) is 6.20 Å². The van der Waals surface area contributed by atoms with Gasteiger partial charge < -0.3 is 9.47 Å². The lowest BCUT2D eigenvalue weighted by Crippen LogP contribution is -2.10. The maximum Gasteiger partial charge on any atom is 0.280 e. The third kappa shape index (κ3) is 4.56. The van der Waals surface area contributed by atoms with Crippen LogP contribution in [0.4, 0.5) is 5.69 Å². The van der Waals surface area contributed by atoms with Crippen molar-refractivity contribution in [1.29, 1.82) is 0 Å². The second-order valence-electron chi connectivity index (χ2n) is 4.56. The Labute approximate surface area is 141 Å². The molecule has 0 radical (unpaired) electrons. The monoisotopic (exact) mass is 380 g/mol. The molecule has 0 aliphatic carbocycles. The van der Waals surface area contributed by atoms with Crippen molar-refractivity contribution in [3.05, 3.63) is 44.8 Å². The summed E-state index contributed by atoms with van der Waals surface area (Å²) in [4.78, 5) is 11.4. The number of hydrogen-bond acceptors (Lipinski definition) is 6. The lowest BCUT2D eigenvalue weighted by Gasteiger charge is -2.10. The fourth-order valence-corrected chi connectivity index (χ4v) is 2.01. The SMILES string of the molecule is CCCOc1ccc(C=NNc2cn[nH]c(=O)c2Br)cc1OC. The third-order valence-corrected chi connectivity index (χ3v) is 3.63. The van der Waals surface area contributed by atoms with Gasteiger partial charge in [-0.05, 0) is 46.1 Å². The minimum atomic E-state index is -0.329. The summed E-state index contributed by atoms with van der Waals surface area (Å²) in [6.07, 6.45) is 4.00.